The summed E-state index contributed by atoms with van der Waals surface area (Å²) in [6, 6.07) is 5.93. The molecule has 0 atom stereocenters. The van der Waals surface area contributed by atoms with Gasteiger partial charge in [-0.1, -0.05) is 0 Å². The van der Waals surface area contributed by atoms with Gasteiger partial charge in [0.2, 0.25) is 0 Å². The summed E-state index contributed by atoms with van der Waals surface area (Å²) in [7, 11) is 3.68. The smallest absolute Gasteiger partial charge is 0.255 e. The number of halogens is 1. The topological polar surface area (TPSA) is 51.0 Å². The number of pyridine rings is 1. The lowest BCUT2D eigenvalue weighted by Gasteiger charge is -2.17. The van der Waals surface area contributed by atoms with Crippen LogP contribution in [0.15, 0.2) is 22.0 Å². The Bertz CT molecular complexity index is 899. The largest absolute Gasteiger partial charge is 0.337 e. The van der Waals surface area contributed by atoms with Gasteiger partial charge in [0.15, 0.2) is 5.65 Å². The fourth-order valence-electron chi connectivity index (χ4n) is 2.60. The van der Waals surface area contributed by atoms with E-state index in [1.807, 2.05) is 46.1 Å². The Morgan fingerprint density at radius 1 is 1.35 bits per heavy atom. The SMILES string of the molecule is Cc1nc2c(cc1C(=O)N(C)Cc1ccc(Br)s1)c(C)nn2C. The molecule has 0 saturated heterocycles. The molecule has 23 heavy (non-hydrogen) atoms. The Morgan fingerprint density at radius 2 is 2.09 bits per heavy atom. The van der Waals surface area contributed by atoms with E-state index < -0.39 is 0 Å². The van der Waals surface area contributed by atoms with E-state index in [9.17, 15) is 4.79 Å². The fraction of sp³-hybridized carbons (Fsp3) is 0.312. The van der Waals surface area contributed by atoms with Gasteiger partial charge < -0.3 is 4.90 Å². The number of rotatable bonds is 3. The highest BCUT2D eigenvalue weighted by Crippen LogP contribution is 2.24. The molecule has 1 amide bonds. The van der Waals surface area contributed by atoms with Crippen LogP contribution in [0.5, 0.6) is 0 Å². The van der Waals surface area contributed by atoms with Crippen molar-refractivity contribution >= 4 is 44.2 Å². The first-order valence-corrected chi connectivity index (χ1v) is 8.78. The third-order valence-corrected chi connectivity index (χ3v) is 5.40. The molecule has 0 aliphatic rings. The number of fused-ring (bicyclic) bond motifs is 1. The summed E-state index contributed by atoms with van der Waals surface area (Å²) < 4.78 is 2.82. The molecule has 0 fully saturated rings. The highest BCUT2D eigenvalue weighted by molar-refractivity contribution is 9.11. The minimum Gasteiger partial charge on any atom is -0.337 e. The van der Waals surface area contributed by atoms with Crippen LogP contribution in [0.25, 0.3) is 11.0 Å². The first kappa shape index (κ1) is 16.1. The number of thiophene rings is 1. The van der Waals surface area contributed by atoms with Gasteiger partial charge in [0.1, 0.15) is 0 Å². The second-order valence-electron chi connectivity index (χ2n) is 5.57. The van der Waals surface area contributed by atoms with Crippen molar-refractivity contribution in [2.75, 3.05) is 7.05 Å². The molecular formula is C16H17BrN4OS. The molecule has 0 radical (unpaired) electrons. The maximum absolute atomic E-state index is 12.8. The number of amides is 1. The third-order valence-electron chi connectivity index (χ3n) is 3.79. The number of nitrogens with zero attached hydrogens (tertiary/aromatic N) is 4. The van der Waals surface area contributed by atoms with E-state index in [0.717, 1.165) is 31.1 Å². The quantitative estimate of drug-likeness (QED) is 0.682. The maximum atomic E-state index is 12.8. The Labute approximate surface area is 147 Å². The average molecular weight is 393 g/mol. The van der Waals surface area contributed by atoms with E-state index in [0.29, 0.717) is 12.1 Å². The van der Waals surface area contributed by atoms with Crippen molar-refractivity contribution < 1.29 is 4.79 Å². The van der Waals surface area contributed by atoms with Gasteiger partial charge in [0, 0.05) is 24.4 Å². The molecule has 7 heteroatoms. The van der Waals surface area contributed by atoms with Crippen LogP contribution in [0.4, 0.5) is 0 Å². The van der Waals surface area contributed by atoms with Gasteiger partial charge in [-0.15, -0.1) is 11.3 Å². The van der Waals surface area contributed by atoms with Crippen molar-refractivity contribution in [3.63, 3.8) is 0 Å². The number of hydrogen-bond acceptors (Lipinski definition) is 4. The van der Waals surface area contributed by atoms with Gasteiger partial charge >= 0.3 is 0 Å². The van der Waals surface area contributed by atoms with Crippen molar-refractivity contribution in [1.29, 1.82) is 0 Å². The molecule has 0 N–H and O–H groups in total. The second kappa shape index (κ2) is 6.05. The zero-order chi connectivity index (χ0) is 16.7. The Morgan fingerprint density at radius 3 is 2.74 bits per heavy atom. The lowest BCUT2D eigenvalue weighted by molar-refractivity contribution is 0.0785. The molecule has 120 valence electrons. The molecule has 3 heterocycles. The predicted octanol–water partition coefficient (Wildman–Crippen LogP) is 3.68. The Kier molecular flexibility index (Phi) is 4.25. The second-order valence-corrected chi connectivity index (χ2v) is 8.12. The zero-order valence-electron chi connectivity index (χ0n) is 13.4. The van der Waals surface area contributed by atoms with Crippen LogP contribution in [0.1, 0.15) is 26.6 Å². The Hall–Kier alpha value is -1.73. The minimum absolute atomic E-state index is 0.0234. The van der Waals surface area contributed by atoms with Crippen LogP contribution in [0.3, 0.4) is 0 Å². The average Bonchev–Trinajstić information content (AvgIpc) is 3.01. The molecule has 0 spiro atoms. The van der Waals surface area contributed by atoms with E-state index in [2.05, 4.69) is 26.0 Å². The summed E-state index contributed by atoms with van der Waals surface area (Å²) in [6.45, 7) is 4.38. The van der Waals surface area contributed by atoms with Crippen LogP contribution in [-0.4, -0.2) is 32.6 Å². The van der Waals surface area contributed by atoms with Crippen molar-refractivity contribution in [1.82, 2.24) is 19.7 Å². The van der Waals surface area contributed by atoms with Crippen LogP contribution in [0, 0.1) is 13.8 Å². The monoisotopic (exact) mass is 392 g/mol. The van der Waals surface area contributed by atoms with E-state index in [1.165, 1.54) is 0 Å². The third kappa shape index (κ3) is 3.03. The summed E-state index contributed by atoms with van der Waals surface area (Å²) in [5, 5.41) is 5.30. The van der Waals surface area contributed by atoms with Gasteiger partial charge in [-0.3, -0.25) is 9.48 Å². The van der Waals surface area contributed by atoms with E-state index in [4.69, 9.17) is 0 Å². The minimum atomic E-state index is -0.0234. The van der Waals surface area contributed by atoms with Crippen molar-refractivity contribution in [2.45, 2.75) is 20.4 Å². The summed E-state index contributed by atoms with van der Waals surface area (Å²) >= 11 is 5.08. The summed E-state index contributed by atoms with van der Waals surface area (Å²) in [5.74, 6) is -0.0234. The van der Waals surface area contributed by atoms with Crippen molar-refractivity contribution in [3.05, 3.63) is 43.8 Å². The first-order chi connectivity index (χ1) is 10.9. The molecule has 0 aliphatic heterocycles. The zero-order valence-corrected chi connectivity index (χ0v) is 15.8. The van der Waals surface area contributed by atoms with Crippen molar-refractivity contribution in [3.8, 4) is 0 Å². The lowest BCUT2D eigenvalue weighted by atomic mass is 10.1. The number of carbonyl (C=O) groups is 1. The van der Waals surface area contributed by atoms with Crippen molar-refractivity contribution in [2.24, 2.45) is 7.05 Å². The summed E-state index contributed by atoms with van der Waals surface area (Å²) in [4.78, 5) is 20.2. The molecule has 0 aliphatic carbocycles. The molecule has 0 unspecified atom stereocenters. The molecule has 3 aromatic rings. The van der Waals surface area contributed by atoms with E-state index in [1.54, 1.807) is 20.9 Å². The summed E-state index contributed by atoms with van der Waals surface area (Å²) in [6.07, 6.45) is 0. The van der Waals surface area contributed by atoms with Crippen LogP contribution < -0.4 is 0 Å². The number of carbonyl (C=O) groups excluding carboxylic acids is 1. The predicted molar refractivity (Wildman–Crippen MR) is 95.8 cm³/mol. The van der Waals surface area contributed by atoms with Gasteiger partial charge in [-0.25, -0.2) is 4.98 Å². The van der Waals surface area contributed by atoms with Crippen LogP contribution in [0.2, 0.25) is 0 Å². The van der Waals surface area contributed by atoms with Gasteiger partial charge in [-0.2, -0.15) is 5.10 Å². The number of hydrogen-bond donors (Lipinski definition) is 0. The van der Waals surface area contributed by atoms with Gasteiger partial charge in [-0.05, 0) is 48.0 Å². The Balaban J connectivity index is 1.93. The molecule has 5 nitrogen and oxygen atoms in total. The molecule has 0 aromatic carbocycles. The number of aromatic nitrogens is 3. The first-order valence-electron chi connectivity index (χ1n) is 7.17. The highest BCUT2D eigenvalue weighted by atomic mass is 79.9. The lowest BCUT2D eigenvalue weighted by Crippen LogP contribution is -2.26. The number of aryl methyl sites for hydroxylation is 3. The van der Waals surface area contributed by atoms with E-state index >= 15 is 0 Å². The maximum Gasteiger partial charge on any atom is 0.255 e. The van der Waals surface area contributed by atoms with Gasteiger partial charge in [0.25, 0.3) is 5.91 Å². The van der Waals surface area contributed by atoms with Gasteiger partial charge in [0.05, 0.1) is 27.3 Å². The molecule has 0 bridgehead atoms. The molecule has 3 aromatic heterocycles. The normalized spacial score (nSPS) is 11.2. The molecule has 0 saturated carbocycles. The molecule has 3 rings (SSSR count). The van der Waals surface area contributed by atoms with Crippen LogP contribution in [-0.2, 0) is 13.6 Å². The fourth-order valence-corrected chi connectivity index (χ4v) is 4.13. The summed E-state index contributed by atoms with van der Waals surface area (Å²) in [5.41, 5.74) is 3.05. The molecular weight excluding hydrogens is 376 g/mol. The van der Waals surface area contributed by atoms with E-state index in [-0.39, 0.29) is 5.91 Å². The standard InChI is InChI=1S/C16H17BrN4OS/c1-9-13(7-12-10(2)19-21(4)15(12)18-9)16(22)20(3)8-11-5-6-14(17)23-11/h5-7H,8H2,1-4H3. The highest BCUT2D eigenvalue weighted by Gasteiger charge is 2.19. The van der Waals surface area contributed by atoms with Crippen LogP contribution >= 0.6 is 27.3 Å².